The molecular weight excluding hydrogens is 492 g/mol. The van der Waals surface area contributed by atoms with Gasteiger partial charge in [-0.25, -0.2) is 15.0 Å². The molecule has 198 valence electrons. The summed E-state index contributed by atoms with van der Waals surface area (Å²) in [6.07, 6.45) is 13.6. The third-order valence-corrected chi connectivity index (χ3v) is 7.12. The van der Waals surface area contributed by atoms with E-state index in [0.29, 0.717) is 5.82 Å². The zero-order chi connectivity index (χ0) is 26.6. The van der Waals surface area contributed by atoms with E-state index >= 15 is 0 Å². The number of aryl methyl sites for hydroxylation is 1. The summed E-state index contributed by atoms with van der Waals surface area (Å²) in [6.45, 7) is 7.45. The van der Waals surface area contributed by atoms with Crippen molar-refractivity contribution in [2.75, 3.05) is 38.2 Å². The van der Waals surface area contributed by atoms with Gasteiger partial charge in [0.05, 0.1) is 31.6 Å². The molecule has 0 amide bonds. The molecule has 0 radical (unpaired) electrons. The van der Waals surface area contributed by atoms with Gasteiger partial charge < -0.3 is 20.2 Å². The molecule has 0 bridgehead atoms. The standard InChI is InChI=1S/C29H30N8O2/c1-20-12-24(2-3-25(20)23-16-33-37(17-23)7-6-36-8-10-39-11-9-36)34-29-28-21(4-5-32-27(28)18-38)13-26(35-29)22-14-30-19-31-15-22/h2-5,12-19,27,32H,6-11H2,1H3,(H,34,35). The first-order valence-electron chi connectivity index (χ1n) is 13.1. The van der Waals surface area contributed by atoms with Crippen molar-refractivity contribution in [2.24, 2.45) is 0 Å². The lowest BCUT2D eigenvalue weighted by atomic mass is 9.97. The highest BCUT2D eigenvalue weighted by molar-refractivity contribution is 5.80. The lowest BCUT2D eigenvalue weighted by molar-refractivity contribution is -0.109. The minimum atomic E-state index is -0.496. The summed E-state index contributed by atoms with van der Waals surface area (Å²) >= 11 is 0. The average Bonchev–Trinajstić information content (AvgIpc) is 3.45. The van der Waals surface area contributed by atoms with Crippen molar-refractivity contribution in [3.63, 3.8) is 0 Å². The Labute approximate surface area is 226 Å². The molecule has 3 aromatic heterocycles. The SMILES string of the molecule is Cc1cc(Nc2nc(-c3cncnc3)cc3c2C(C=O)NC=C3)ccc1-c1cnn(CCN2CCOCC2)c1. The summed E-state index contributed by atoms with van der Waals surface area (Å²) in [5.41, 5.74) is 7.44. The number of aromatic nitrogens is 5. The Morgan fingerprint density at radius 3 is 2.74 bits per heavy atom. The molecule has 4 aromatic rings. The summed E-state index contributed by atoms with van der Waals surface area (Å²) in [6, 6.07) is 7.68. The smallest absolute Gasteiger partial charge is 0.146 e. The number of rotatable bonds is 8. The Balaban J connectivity index is 1.25. The second kappa shape index (κ2) is 11.1. The van der Waals surface area contributed by atoms with E-state index in [9.17, 15) is 4.79 Å². The molecule has 2 aliphatic heterocycles. The Morgan fingerprint density at radius 2 is 1.95 bits per heavy atom. The quantitative estimate of drug-likeness (QED) is 0.335. The number of aldehydes is 1. The number of carbonyl (C=O) groups excluding carboxylic acids is 1. The molecule has 0 aliphatic carbocycles. The van der Waals surface area contributed by atoms with Gasteiger partial charge in [-0.2, -0.15) is 5.10 Å². The van der Waals surface area contributed by atoms with E-state index < -0.39 is 6.04 Å². The molecule has 1 unspecified atom stereocenters. The van der Waals surface area contributed by atoms with Gasteiger partial charge in [-0.05, 0) is 54.1 Å². The maximum absolute atomic E-state index is 11.9. The maximum atomic E-state index is 11.9. The third-order valence-electron chi connectivity index (χ3n) is 7.12. The largest absolute Gasteiger partial charge is 0.379 e. The van der Waals surface area contributed by atoms with Gasteiger partial charge in [-0.1, -0.05) is 6.07 Å². The van der Waals surface area contributed by atoms with E-state index in [4.69, 9.17) is 9.72 Å². The number of anilines is 2. The van der Waals surface area contributed by atoms with Gasteiger partial charge in [0.25, 0.3) is 0 Å². The summed E-state index contributed by atoms with van der Waals surface area (Å²) in [5.74, 6) is 0.614. The van der Waals surface area contributed by atoms with E-state index in [1.54, 1.807) is 18.6 Å². The molecule has 1 saturated heterocycles. The maximum Gasteiger partial charge on any atom is 0.146 e. The summed E-state index contributed by atoms with van der Waals surface area (Å²) in [7, 11) is 0. The first-order chi connectivity index (χ1) is 19.2. The molecule has 5 heterocycles. The first kappa shape index (κ1) is 24.9. The van der Waals surface area contributed by atoms with Crippen molar-refractivity contribution < 1.29 is 9.53 Å². The van der Waals surface area contributed by atoms with Crippen LogP contribution in [0.2, 0.25) is 0 Å². The molecule has 2 N–H and O–H groups in total. The van der Waals surface area contributed by atoms with Gasteiger partial charge in [0.2, 0.25) is 0 Å². The number of fused-ring (bicyclic) bond motifs is 1. The molecule has 1 fully saturated rings. The van der Waals surface area contributed by atoms with Gasteiger partial charge in [0.1, 0.15) is 24.5 Å². The average molecular weight is 523 g/mol. The number of hydrogen-bond acceptors (Lipinski definition) is 9. The van der Waals surface area contributed by atoms with Crippen molar-refractivity contribution in [1.29, 1.82) is 0 Å². The van der Waals surface area contributed by atoms with Crippen molar-refractivity contribution >= 4 is 23.9 Å². The van der Waals surface area contributed by atoms with Gasteiger partial charge in [0.15, 0.2) is 0 Å². The van der Waals surface area contributed by atoms with Crippen LogP contribution in [-0.2, 0) is 16.1 Å². The van der Waals surface area contributed by atoms with Gasteiger partial charge in [0, 0.05) is 60.6 Å². The number of nitrogens with zero attached hydrogens (tertiary/aromatic N) is 6. The van der Waals surface area contributed by atoms with E-state index in [1.807, 2.05) is 29.1 Å². The fourth-order valence-corrected chi connectivity index (χ4v) is 5.04. The van der Waals surface area contributed by atoms with Crippen molar-refractivity contribution in [1.82, 2.24) is 34.9 Å². The van der Waals surface area contributed by atoms with Gasteiger partial charge >= 0.3 is 0 Å². The third kappa shape index (κ3) is 5.43. The van der Waals surface area contributed by atoms with Crippen LogP contribution in [0.15, 0.2) is 61.6 Å². The van der Waals surface area contributed by atoms with E-state index in [0.717, 1.165) is 90.4 Å². The fourth-order valence-electron chi connectivity index (χ4n) is 5.04. The molecule has 2 aliphatic rings. The van der Waals surface area contributed by atoms with Crippen molar-refractivity contribution in [3.8, 4) is 22.4 Å². The van der Waals surface area contributed by atoms with Crippen molar-refractivity contribution in [2.45, 2.75) is 19.5 Å². The minimum Gasteiger partial charge on any atom is -0.379 e. The molecule has 1 aromatic carbocycles. The molecule has 1 atom stereocenters. The van der Waals surface area contributed by atoms with Crippen LogP contribution >= 0.6 is 0 Å². The van der Waals surface area contributed by atoms with E-state index in [2.05, 4.69) is 55.9 Å². The van der Waals surface area contributed by atoms with Crippen LogP contribution in [0.5, 0.6) is 0 Å². The summed E-state index contributed by atoms with van der Waals surface area (Å²) < 4.78 is 7.44. The van der Waals surface area contributed by atoms with Crippen LogP contribution in [0.3, 0.4) is 0 Å². The number of carbonyl (C=O) groups is 1. The van der Waals surface area contributed by atoms with Gasteiger partial charge in [-0.3, -0.25) is 9.58 Å². The molecule has 0 saturated carbocycles. The Kier molecular flexibility index (Phi) is 7.11. The highest BCUT2D eigenvalue weighted by Gasteiger charge is 2.23. The second-order valence-electron chi connectivity index (χ2n) is 9.70. The first-order valence-corrected chi connectivity index (χ1v) is 13.1. The number of ether oxygens (including phenoxy) is 1. The number of pyridine rings is 1. The molecule has 10 nitrogen and oxygen atoms in total. The molecular formula is C29H30N8O2. The van der Waals surface area contributed by atoms with E-state index in [1.165, 1.54) is 6.33 Å². The monoisotopic (exact) mass is 522 g/mol. The Morgan fingerprint density at radius 1 is 1.10 bits per heavy atom. The lowest BCUT2D eigenvalue weighted by Crippen LogP contribution is -2.38. The van der Waals surface area contributed by atoms with Crippen LogP contribution in [0.1, 0.15) is 22.7 Å². The van der Waals surface area contributed by atoms with Crippen LogP contribution < -0.4 is 10.6 Å². The lowest BCUT2D eigenvalue weighted by Gasteiger charge is -2.26. The van der Waals surface area contributed by atoms with E-state index in [-0.39, 0.29) is 0 Å². The topological polar surface area (TPSA) is 110 Å². The number of morpholine rings is 1. The number of hydrogen-bond donors (Lipinski definition) is 2. The Bertz CT molecular complexity index is 1490. The van der Waals surface area contributed by atoms with Crippen molar-refractivity contribution in [3.05, 3.63) is 78.3 Å². The van der Waals surface area contributed by atoms with Crippen LogP contribution in [0, 0.1) is 6.92 Å². The van der Waals surface area contributed by atoms with Crippen LogP contribution in [-0.4, -0.2) is 68.8 Å². The zero-order valence-electron chi connectivity index (χ0n) is 21.7. The second-order valence-corrected chi connectivity index (χ2v) is 9.70. The summed E-state index contributed by atoms with van der Waals surface area (Å²) in [4.78, 5) is 27.4. The highest BCUT2D eigenvalue weighted by Crippen LogP contribution is 2.34. The predicted octanol–water partition coefficient (Wildman–Crippen LogP) is 3.60. The molecule has 10 heteroatoms. The molecule has 0 spiro atoms. The Hall–Kier alpha value is -4.41. The molecule has 39 heavy (non-hydrogen) atoms. The molecule has 6 rings (SSSR count). The summed E-state index contributed by atoms with van der Waals surface area (Å²) in [5, 5.41) is 11.2. The van der Waals surface area contributed by atoms with Gasteiger partial charge in [-0.15, -0.1) is 0 Å². The zero-order valence-corrected chi connectivity index (χ0v) is 21.7. The highest BCUT2D eigenvalue weighted by atomic mass is 16.5. The van der Waals surface area contributed by atoms with Crippen LogP contribution in [0.25, 0.3) is 28.5 Å². The minimum absolute atomic E-state index is 0.496. The fraction of sp³-hybridized carbons (Fsp3) is 0.276. The predicted molar refractivity (Wildman–Crippen MR) is 149 cm³/mol. The normalized spacial score (nSPS) is 16.9. The number of nitrogens with one attached hydrogen (secondary N) is 2. The number of benzene rings is 1. The van der Waals surface area contributed by atoms with Crippen LogP contribution in [0.4, 0.5) is 11.5 Å².